The summed E-state index contributed by atoms with van der Waals surface area (Å²) >= 11 is 0. The lowest BCUT2D eigenvalue weighted by molar-refractivity contribution is 0.654. The molecule has 0 radical (unpaired) electrons. The smallest absolute Gasteiger partial charge is 0.227 e. The van der Waals surface area contributed by atoms with E-state index in [4.69, 9.17) is 24.4 Å². The Bertz CT molecular complexity index is 4330. The Morgan fingerprint density at radius 1 is 0.314 bits per heavy atom. The number of aromatic nitrogens is 5. The highest BCUT2D eigenvalue weighted by molar-refractivity contribution is 6.19. The lowest BCUT2D eigenvalue weighted by Crippen LogP contribution is -2.02. The lowest BCUT2D eigenvalue weighted by Gasteiger charge is -2.15. The number of hydrogen-bond acceptors (Lipinski definition) is 5. The summed E-state index contributed by atoms with van der Waals surface area (Å²) in [6.45, 7) is 0. The molecule has 14 rings (SSSR count). The van der Waals surface area contributed by atoms with Crippen molar-refractivity contribution >= 4 is 65.4 Å². The first-order valence-corrected chi connectivity index (χ1v) is 23.5. The van der Waals surface area contributed by atoms with E-state index < -0.39 is 0 Å². The van der Waals surface area contributed by atoms with Gasteiger partial charge < -0.3 is 8.98 Å². The number of fused-ring (bicyclic) bond motifs is 8. The highest BCUT2D eigenvalue weighted by Crippen LogP contribution is 2.43. The molecule has 0 atom stereocenters. The van der Waals surface area contributed by atoms with E-state index in [2.05, 4.69) is 205 Å². The van der Waals surface area contributed by atoms with Crippen LogP contribution in [0.25, 0.3) is 139 Å². The van der Waals surface area contributed by atoms with Crippen LogP contribution < -0.4 is 0 Å². The van der Waals surface area contributed by atoms with Crippen LogP contribution in [0.5, 0.6) is 0 Å². The van der Waals surface area contributed by atoms with Crippen LogP contribution >= 0.6 is 0 Å². The van der Waals surface area contributed by atoms with Crippen molar-refractivity contribution in [2.75, 3.05) is 0 Å². The second kappa shape index (κ2) is 16.1. The van der Waals surface area contributed by atoms with Gasteiger partial charge in [-0.1, -0.05) is 188 Å². The summed E-state index contributed by atoms with van der Waals surface area (Å²) in [5.74, 6) is 1.54. The summed E-state index contributed by atoms with van der Waals surface area (Å²) in [7, 11) is 0. The topological polar surface area (TPSA) is 69.6 Å². The van der Waals surface area contributed by atoms with Gasteiger partial charge in [0.05, 0.1) is 16.7 Å². The quantitative estimate of drug-likeness (QED) is 0.159. The highest BCUT2D eigenvalue weighted by Gasteiger charge is 2.22. The molecule has 0 spiro atoms. The van der Waals surface area contributed by atoms with Gasteiger partial charge in [-0.15, -0.1) is 0 Å². The summed E-state index contributed by atoms with van der Waals surface area (Å²) in [6, 6.07) is 83.4. The Kier molecular flexibility index (Phi) is 9.10. The molecular weight excluding hydrogens is 855 g/mol. The van der Waals surface area contributed by atoms with Gasteiger partial charge in [0.2, 0.25) is 5.71 Å². The molecule has 0 saturated heterocycles. The van der Waals surface area contributed by atoms with Crippen LogP contribution in [-0.2, 0) is 0 Å². The first kappa shape index (κ1) is 39.6. The van der Waals surface area contributed by atoms with Crippen LogP contribution in [0.1, 0.15) is 0 Å². The molecule has 0 N–H and O–H groups in total. The van der Waals surface area contributed by atoms with Crippen molar-refractivity contribution in [1.29, 1.82) is 0 Å². The number of hydrogen-bond donors (Lipinski definition) is 0. The minimum atomic E-state index is 0.454. The second-order valence-electron chi connectivity index (χ2n) is 17.8. The van der Waals surface area contributed by atoms with E-state index in [1.54, 1.807) is 0 Å². The second-order valence-corrected chi connectivity index (χ2v) is 17.8. The number of furan rings is 1. The Morgan fingerprint density at radius 3 is 1.61 bits per heavy atom. The average Bonchev–Trinajstić information content (AvgIpc) is 3.97. The van der Waals surface area contributed by atoms with Gasteiger partial charge in [0.1, 0.15) is 11.3 Å². The number of rotatable bonds is 7. The van der Waals surface area contributed by atoms with E-state index in [9.17, 15) is 0 Å². The van der Waals surface area contributed by atoms with Gasteiger partial charge in [0, 0.05) is 38.1 Å². The maximum atomic E-state index is 6.28. The third kappa shape index (κ3) is 6.65. The SMILES string of the molecule is c1ccc(-c2ccc(-c3nc(-c4cc(-n5c6cc7ccccc7cc6c6c(-c7ccc(-c8ccccc8)cc7)cccc65)c5ccccc5c4)nc(-c4ccc5c(n4)oc4ccccc45)n3)cc2)cc1. The van der Waals surface area contributed by atoms with E-state index >= 15 is 0 Å². The van der Waals surface area contributed by atoms with Gasteiger partial charge in [0.15, 0.2) is 17.5 Å². The van der Waals surface area contributed by atoms with Crippen molar-refractivity contribution in [2.45, 2.75) is 0 Å². The van der Waals surface area contributed by atoms with Crippen LogP contribution in [0, 0.1) is 0 Å². The molecule has 0 bridgehead atoms. The van der Waals surface area contributed by atoms with E-state index in [1.807, 2.05) is 36.4 Å². The summed E-state index contributed by atoms with van der Waals surface area (Å²) in [5.41, 5.74) is 13.9. The molecule has 4 aromatic heterocycles. The maximum Gasteiger partial charge on any atom is 0.227 e. The number of nitrogens with zero attached hydrogens (tertiary/aromatic N) is 5. The predicted octanol–water partition coefficient (Wildman–Crippen LogP) is 16.6. The molecule has 0 aliphatic carbocycles. The van der Waals surface area contributed by atoms with Gasteiger partial charge >= 0.3 is 0 Å². The first-order chi connectivity index (χ1) is 34.7. The zero-order valence-corrected chi connectivity index (χ0v) is 37.7. The van der Waals surface area contributed by atoms with Crippen LogP contribution in [0.4, 0.5) is 0 Å². The normalized spacial score (nSPS) is 11.7. The van der Waals surface area contributed by atoms with Crippen LogP contribution in [0.2, 0.25) is 0 Å². The molecule has 70 heavy (non-hydrogen) atoms. The van der Waals surface area contributed by atoms with Crippen molar-refractivity contribution < 1.29 is 4.42 Å². The van der Waals surface area contributed by atoms with Crippen LogP contribution in [0.15, 0.2) is 241 Å². The molecule has 0 aliphatic heterocycles. The molecule has 0 unspecified atom stereocenters. The van der Waals surface area contributed by atoms with Crippen LogP contribution in [0.3, 0.4) is 0 Å². The fraction of sp³-hybridized carbons (Fsp3) is 0. The summed E-state index contributed by atoms with van der Waals surface area (Å²) < 4.78 is 8.71. The van der Waals surface area contributed by atoms with Crippen molar-refractivity contribution in [3.8, 4) is 73.4 Å². The van der Waals surface area contributed by atoms with E-state index in [1.165, 1.54) is 38.2 Å². The molecular formula is C64H39N5O. The molecule has 6 heteroatoms. The largest absolute Gasteiger partial charge is 0.438 e. The van der Waals surface area contributed by atoms with E-state index in [-0.39, 0.29) is 0 Å². The molecule has 0 fully saturated rings. The minimum Gasteiger partial charge on any atom is -0.438 e. The van der Waals surface area contributed by atoms with E-state index in [0.717, 1.165) is 71.7 Å². The summed E-state index contributed by atoms with van der Waals surface area (Å²) in [5, 5.41) is 8.88. The zero-order chi connectivity index (χ0) is 46.1. The lowest BCUT2D eigenvalue weighted by atomic mass is 9.96. The monoisotopic (exact) mass is 893 g/mol. The van der Waals surface area contributed by atoms with Gasteiger partial charge in [-0.2, -0.15) is 0 Å². The number of benzene rings is 10. The molecule has 6 nitrogen and oxygen atoms in total. The predicted molar refractivity (Wildman–Crippen MR) is 287 cm³/mol. The molecule has 326 valence electrons. The molecule has 0 amide bonds. The van der Waals surface area contributed by atoms with Gasteiger partial charge in [-0.3, -0.25) is 0 Å². The molecule has 4 heterocycles. The third-order valence-corrected chi connectivity index (χ3v) is 13.7. The highest BCUT2D eigenvalue weighted by atomic mass is 16.3. The van der Waals surface area contributed by atoms with Crippen LogP contribution in [-0.4, -0.2) is 24.5 Å². The van der Waals surface area contributed by atoms with Gasteiger partial charge in [-0.25, -0.2) is 19.9 Å². The van der Waals surface area contributed by atoms with Gasteiger partial charge in [0.25, 0.3) is 0 Å². The Morgan fingerprint density at radius 2 is 0.886 bits per heavy atom. The fourth-order valence-corrected chi connectivity index (χ4v) is 10.3. The molecule has 0 aliphatic rings. The summed E-state index contributed by atoms with van der Waals surface area (Å²) in [4.78, 5) is 20.7. The minimum absolute atomic E-state index is 0.454. The van der Waals surface area contributed by atoms with Crippen molar-refractivity contribution in [3.63, 3.8) is 0 Å². The summed E-state index contributed by atoms with van der Waals surface area (Å²) in [6.07, 6.45) is 0. The Labute approximate surface area is 402 Å². The number of para-hydroxylation sites is 1. The fourth-order valence-electron chi connectivity index (χ4n) is 10.3. The van der Waals surface area contributed by atoms with Crippen molar-refractivity contribution in [1.82, 2.24) is 24.5 Å². The molecule has 14 aromatic rings. The van der Waals surface area contributed by atoms with Crippen molar-refractivity contribution in [3.05, 3.63) is 237 Å². The maximum absolute atomic E-state index is 6.28. The standard InChI is InChI=1S/C64H39N5O/c1-3-14-40(15-4-1)42-26-30-44(31-27-42)51-23-13-24-56-60(51)54-37-46-18-7-8-19-47(46)38-58(54)69(56)57-39-49(36-48-20-9-10-21-50(48)57)62-66-61(45-32-28-43(29-33-45)41-16-5-2-6-17-41)67-63(68-62)55-35-34-53-52-22-11-12-25-59(52)70-64(53)65-55/h1-39H. The van der Waals surface area contributed by atoms with Gasteiger partial charge in [-0.05, 0) is 98.1 Å². The first-order valence-electron chi connectivity index (χ1n) is 23.5. The van der Waals surface area contributed by atoms with Crippen molar-refractivity contribution in [2.24, 2.45) is 0 Å². The molecule has 10 aromatic carbocycles. The number of pyridine rings is 1. The van der Waals surface area contributed by atoms with E-state index in [0.29, 0.717) is 28.9 Å². The zero-order valence-electron chi connectivity index (χ0n) is 37.7. The average molecular weight is 894 g/mol. The molecule has 0 saturated carbocycles. The Balaban J connectivity index is 0.991. The third-order valence-electron chi connectivity index (χ3n) is 13.7. The Hall–Kier alpha value is -9.52.